The predicted molar refractivity (Wildman–Crippen MR) is 216 cm³/mol. The highest BCUT2D eigenvalue weighted by molar-refractivity contribution is 6.10. The summed E-state index contributed by atoms with van der Waals surface area (Å²) in [4.78, 5) is 23.8. The van der Waals surface area contributed by atoms with Crippen LogP contribution in [0.3, 0.4) is 0 Å². The molecule has 0 atom stereocenters. The van der Waals surface area contributed by atoms with Crippen molar-refractivity contribution in [1.29, 1.82) is 0 Å². The smallest absolute Gasteiger partial charge is 0.227 e. The van der Waals surface area contributed by atoms with Gasteiger partial charge >= 0.3 is 0 Å². The first-order valence-electron chi connectivity index (χ1n) is 18.4. The predicted octanol–water partition coefficient (Wildman–Crippen LogP) is 11.6. The molecule has 0 amide bonds. The molecular formula is C47H28N6O2. The Morgan fingerprint density at radius 3 is 1.87 bits per heavy atom. The zero-order valence-electron chi connectivity index (χ0n) is 30.1. The van der Waals surface area contributed by atoms with E-state index in [1.54, 1.807) is 0 Å². The molecule has 0 aliphatic carbocycles. The molecular weight excluding hydrogens is 681 g/mol. The fourth-order valence-corrected chi connectivity index (χ4v) is 7.33. The van der Waals surface area contributed by atoms with Crippen molar-refractivity contribution in [2.75, 3.05) is 0 Å². The van der Waals surface area contributed by atoms with E-state index in [0.29, 0.717) is 45.6 Å². The molecule has 0 N–H and O–H groups in total. The van der Waals surface area contributed by atoms with E-state index in [-0.39, 0.29) is 6.37 Å². The van der Waals surface area contributed by atoms with Gasteiger partial charge in [0.25, 0.3) is 0 Å². The van der Waals surface area contributed by atoms with Crippen molar-refractivity contribution < 1.29 is 10.2 Å². The molecule has 258 valence electrons. The van der Waals surface area contributed by atoms with E-state index in [2.05, 4.69) is 64.1 Å². The van der Waals surface area contributed by atoms with Crippen LogP contribution in [-0.4, -0.2) is 29.5 Å². The van der Waals surface area contributed by atoms with Gasteiger partial charge < -0.3 is 13.4 Å². The number of aromatic nitrogens is 6. The van der Waals surface area contributed by atoms with Gasteiger partial charge in [0.2, 0.25) is 5.89 Å². The minimum Gasteiger partial charge on any atom is -0.443 e. The van der Waals surface area contributed by atoms with Gasteiger partial charge in [-0.05, 0) is 77.9 Å². The van der Waals surface area contributed by atoms with Gasteiger partial charge in [-0.25, -0.2) is 24.9 Å². The Morgan fingerprint density at radius 1 is 0.436 bits per heavy atom. The second-order valence-corrected chi connectivity index (χ2v) is 13.4. The highest BCUT2D eigenvalue weighted by atomic mass is 16.3. The molecule has 4 aromatic heterocycles. The molecule has 55 heavy (non-hydrogen) atoms. The van der Waals surface area contributed by atoms with Crippen LogP contribution in [0.2, 0.25) is 0 Å². The summed E-state index contributed by atoms with van der Waals surface area (Å²) in [6.45, 7) is 0. The summed E-state index contributed by atoms with van der Waals surface area (Å²) in [5, 5.41) is 2.27. The number of oxazole rings is 2. The van der Waals surface area contributed by atoms with Crippen LogP contribution < -0.4 is 0 Å². The molecule has 4 heterocycles. The standard InChI is InChI=1S/C47H28N6O2/c1-3-10-29(11-4-1)44-50-45(30-12-5-2-6-13-30)52-46(51-44)33-19-22-43-39(26-33)49-47(55-43)34-15-9-14-31(24-34)32-18-21-41-37(25-32)36-16-7-8-17-40(36)53(41)35-20-23-42-38(27-35)48-28-54-42/h1-28H/i28D. The van der Waals surface area contributed by atoms with Gasteiger partial charge in [-0.2, -0.15) is 0 Å². The third-order valence-electron chi connectivity index (χ3n) is 9.98. The summed E-state index contributed by atoms with van der Waals surface area (Å²) in [6, 6.07) is 54.8. The van der Waals surface area contributed by atoms with E-state index in [4.69, 9.17) is 30.1 Å². The van der Waals surface area contributed by atoms with E-state index in [0.717, 1.165) is 60.9 Å². The minimum atomic E-state index is -0.0938. The Kier molecular flexibility index (Phi) is 6.76. The normalized spacial score (nSPS) is 11.9. The summed E-state index contributed by atoms with van der Waals surface area (Å²) < 4.78 is 21.8. The van der Waals surface area contributed by atoms with Crippen LogP contribution in [0.4, 0.5) is 0 Å². The van der Waals surface area contributed by atoms with E-state index in [1.807, 2.05) is 109 Å². The summed E-state index contributed by atoms with van der Waals surface area (Å²) in [7, 11) is 0. The molecule has 0 saturated carbocycles. The average Bonchev–Trinajstić information content (AvgIpc) is 3.96. The maximum atomic E-state index is 7.84. The lowest BCUT2D eigenvalue weighted by atomic mass is 10.0. The van der Waals surface area contributed by atoms with Gasteiger partial charge in [0.15, 0.2) is 35.0 Å². The first-order chi connectivity index (χ1) is 27.6. The van der Waals surface area contributed by atoms with Crippen molar-refractivity contribution in [3.63, 3.8) is 0 Å². The zero-order valence-corrected chi connectivity index (χ0v) is 29.1. The number of nitrogens with zero attached hydrogens (tertiary/aromatic N) is 6. The first-order valence-corrected chi connectivity index (χ1v) is 17.9. The second kappa shape index (κ2) is 12.5. The molecule has 8 heteroatoms. The van der Waals surface area contributed by atoms with Crippen molar-refractivity contribution in [3.8, 4) is 62.4 Å². The maximum absolute atomic E-state index is 7.84. The quantitative estimate of drug-likeness (QED) is 0.169. The minimum absolute atomic E-state index is 0.0938. The highest BCUT2D eigenvalue weighted by Crippen LogP contribution is 2.37. The Labute approximate surface area is 315 Å². The van der Waals surface area contributed by atoms with Crippen LogP contribution in [0.5, 0.6) is 0 Å². The number of para-hydroxylation sites is 1. The van der Waals surface area contributed by atoms with Gasteiger partial charge in [-0.1, -0.05) is 97.1 Å². The van der Waals surface area contributed by atoms with Crippen molar-refractivity contribution in [1.82, 2.24) is 29.5 Å². The Balaban J connectivity index is 0.964. The van der Waals surface area contributed by atoms with Crippen molar-refractivity contribution >= 4 is 44.0 Å². The van der Waals surface area contributed by atoms with E-state index < -0.39 is 0 Å². The van der Waals surface area contributed by atoms with Crippen LogP contribution in [0.1, 0.15) is 1.37 Å². The third kappa shape index (κ3) is 5.35. The molecule has 0 fully saturated rings. The summed E-state index contributed by atoms with van der Waals surface area (Å²) in [6.07, 6.45) is -0.0938. The second-order valence-electron chi connectivity index (χ2n) is 13.4. The highest BCUT2D eigenvalue weighted by Gasteiger charge is 2.17. The molecule has 0 aliphatic heterocycles. The molecule has 0 spiro atoms. The molecule has 7 aromatic carbocycles. The zero-order chi connectivity index (χ0) is 37.2. The fourth-order valence-electron chi connectivity index (χ4n) is 7.33. The number of benzene rings is 7. The fraction of sp³-hybridized carbons (Fsp3) is 0. The Morgan fingerprint density at radius 2 is 1.07 bits per heavy atom. The van der Waals surface area contributed by atoms with Gasteiger partial charge in [0.05, 0.1) is 11.0 Å². The van der Waals surface area contributed by atoms with Gasteiger partial charge in [0, 0.05) is 38.7 Å². The molecule has 0 saturated heterocycles. The van der Waals surface area contributed by atoms with Gasteiger partial charge in [0.1, 0.15) is 12.4 Å². The number of rotatable bonds is 6. The summed E-state index contributed by atoms with van der Waals surface area (Å²) in [5.41, 5.74) is 11.4. The molecule has 11 aromatic rings. The van der Waals surface area contributed by atoms with Crippen molar-refractivity contribution in [2.45, 2.75) is 0 Å². The Bertz CT molecular complexity index is 3220. The number of hydrogen-bond acceptors (Lipinski definition) is 7. The van der Waals surface area contributed by atoms with Crippen molar-refractivity contribution in [2.24, 2.45) is 0 Å². The summed E-state index contributed by atoms with van der Waals surface area (Å²) in [5.74, 6) is 2.29. The van der Waals surface area contributed by atoms with Gasteiger partial charge in [-0.15, -0.1) is 0 Å². The topological polar surface area (TPSA) is 95.7 Å². The van der Waals surface area contributed by atoms with E-state index in [9.17, 15) is 0 Å². The van der Waals surface area contributed by atoms with Crippen LogP contribution >= 0.6 is 0 Å². The van der Waals surface area contributed by atoms with Crippen molar-refractivity contribution in [3.05, 3.63) is 170 Å². The third-order valence-corrected chi connectivity index (χ3v) is 9.98. The lowest BCUT2D eigenvalue weighted by molar-refractivity contribution is 0.602. The molecule has 0 unspecified atom stereocenters. The molecule has 11 rings (SSSR count). The average molecular weight is 710 g/mol. The van der Waals surface area contributed by atoms with E-state index >= 15 is 0 Å². The maximum Gasteiger partial charge on any atom is 0.227 e. The number of hydrogen-bond donors (Lipinski definition) is 0. The molecule has 0 radical (unpaired) electrons. The lowest BCUT2D eigenvalue weighted by Crippen LogP contribution is -2.00. The van der Waals surface area contributed by atoms with Crippen LogP contribution in [0.15, 0.2) is 179 Å². The van der Waals surface area contributed by atoms with Crippen LogP contribution in [-0.2, 0) is 0 Å². The number of fused-ring (bicyclic) bond motifs is 5. The molecule has 8 nitrogen and oxygen atoms in total. The molecule has 0 bridgehead atoms. The van der Waals surface area contributed by atoms with E-state index in [1.165, 1.54) is 0 Å². The SMILES string of the molecule is [2H]c1nc2cc(-n3c4ccccc4c4cc(-c5cccc(-c6nc7cc(-c8nc(-c9ccccc9)nc(-c9ccccc9)n8)ccc7o6)c5)ccc43)ccc2o1. The van der Waals surface area contributed by atoms with Gasteiger partial charge in [-0.3, -0.25) is 0 Å². The lowest BCUT2D eigenvalue weighted by Gasteiger charge is -2.08. The Hall–Kier alpha value is -7.71. The van der Waals surface area contributed by atoms with Crippen LogP contribution in [0.25, 0.3) is 106 Å². The summed E-state index contributed by atoms with van der Waals surface area (Å²) >= 11 is 0. The van der Waals surface area contributed by atoms with Crippen LogP contribution in [0, 0.1) is 0 Å². The largest absolute Gasteiger partial charge is 0.443 e. The molecule has 0 aliphatic rings. The monoisotopic (exact) mass is 709 g/mol. The first kappa shape index (κ1) is 29.8.